The average Bonchev–Trinajstić information content (AvgIpc) is 2.72. The van der Waals surface area contributed by atoms with Gasteiger partial charge in [0, 0.05) is 5.56 Å². The van der Waals surface area contributed by atoms with Crippen LogP contribution >= 0.6 is 12.2 Å². The summed E-state index contributed by atoms with van der Waals surface area (Å²) in [6.45, 7) is 3.43. The molecule has 0 aliphatic rings. The molecule has 1 aromatic carbocycles. The van der Waals surface area contributed by atoms with Crippen molar-refractivity contribution in [3.8, 4) is 11.4 Å². The molecule has 0 saturated carbocycles. The van der Waals surface area contributed by atoms with E-state index >= 15 is 0 Å². The second kappa shape index (κ2) is 4.38. The molecule has 1 amide bonds. The fraction of sp³-hybridized carbons (Fsp3) is 0.250. The fourth-order valence-electron chi connectivity index (χ4n) is 1.71. The van der Waals surface area contributed by atoms with E-state index < -0.39 is 11.4 Å². The Morgan fingerprint density at radius 1 is 1.39 bits per heavy atom. The molecule has 0 aliphatic carbocycles. The van der Waals surface area contributed by atoms with Crippen LogP contribution in [-0.4, -0.2) is 20.7 Å². The maximum Gasteiger partial charge on any atom is 0.243 e. The molecule has 0 spiro atoms. The van der Waals surface area contributed by atoms with Gasteiger partial charge in [-0.3, -0.25) is 14.5 Å². The van der Waals surface area contributed by atoms with E-state index in [1.165, 1.54) is 0 Å². The van der Waals surface area contributed by atoms with Crippen molar-refractivity contribution >= 4 is 18.1 Å². The number of nitrogens with zero attached hydrogens (tertiary/aromatic N) is 2. The molecule has 0 fully saturated rings. The molecule has 6 heteroatoms. The molecule has 0 aliphatic heterocycles. The summed E-state index contributed by atoms with van der Waals surface area (Å²) in [4.78, 5) is 11.6. The molecule has 0 radical (unpaired) electrons. The number of hydrogen-bond acceptors (Lipinski definition) is 3. The second-order valence-corrected chi connectivity index (χ2v) is 4.86. The molecule has 5 nitrogen and oxygen atoms in total. The molecule has 2 rings (SSSR count). The zero-order valence-corrected chi connectivity index (χ0v) is 11.0. The van der Waals surface area contributed by atoms with Crippen molar-refractivity contribution in [3.05, 3.63) is 35.1 Å². The van der Waals surface area contributed by atoms with Crippen LogP contribution in [0.25, 0.3) is 11.4 Å². The topological polar surface area (TPSA) is 76.7 Å². The van der Waals surface area contributed by atoms with Crippen molar-refractivity contribution in [1.82, 2.24) is 14.8 Å². The molecule has 0 saturated heterocycles. The molecule has 1 aromatic heterocycles. The molecular formula is C12H14N4OS. The maximum absolute atomic E-state index is 11.6. The number of rotatable bonds is 3. The smallest absolute Gasteiger partial charge is 0.243 e. The Hall–Kier alpha value is -1.95. The molecule has 0 bridgehead atoms. The Morgan fingerprint density at radius 3 is 2.56 bits per heavy atom. The van der Waals surface area contributed by atoms with Gasteiger partial charge in [0.05, 0.1) is 0 Å². The molecule has 0 atom stereocenters. The van der Waals surface area contributed by atoms with Crippen molar-refractivity contribution in [2.45, 2.75) is 19.4 Å². The van der Waals surface area contributed by atoms with Gasteiger partial charge >= 0.3 is 0 Å². The molecule has 18 heavy (non-hydrogen) atoms. The second-order valence-electron chi connectivity index (χ2n) is 4.48. The first-order valence-corrected chi connectivity index (χ1v) is 5.88. The van der Waals surface area contributed by atoms with E-state index in [1.807, 2.05) is 30.3 Å². The highest BCUT2D eigenvalue weighted by Gasteiger charge is 2.31. The lowest BCUT2D eigenvalue weighted by molar-refractivity contribution is -0.125. The molecular weight excluding hydrogens is 248 g/mol. The summed E-state index contributed by atoms with van der Waals surface area (Å²) in [7, 11) is 0. The highest BCUT2D eigenvalue weighted by molar-refractivity contribution is 7.71. The van der Waals surface area contributed by atoms with Crippen LogP contribution in [0.3, 0.4) is 0 Å². The normalized spacial score (nSPS) is 11.4. The summed E-state index contributed by atoms with van der Waals surface area (Å²) in [6, 6.07) is 9.51. The third-order valence-electron chi connectivity index (χ3n) is 2.87. The minimum Gasteiger partial charge on any atom is -0.368 e. The van der Waals surface area contributed by atoms with Crippen LogP contribution in [0.5, 0.6) is 0 Å². The van der Waals surface area contributed by atoms with Crippen molar-refractivity contribution in [3.63, 3.8) is 0 Å². The van der Waals surface area contributed by atoms with Crippen LogP contribution in [-0.2, 0) is 10.3 Å². The highest BCUT2D eigenvalue weighted by atomic mass is 32.1. The zero-order chi connectivity index (χ0) is 13.3. The van der Waals surface area contributed by atoms with Gasteiger partial charge in [0.2, 0.25) is 5.91 Å². The number of hydrogen-bond donors (Lipinski definition) is 2. The number of primary amides is 1. The molecule has 1 heterocycles. The quantitative estimate of drug-likeness (QED) is 0.828. The van der Waals surface area contributed by atoms with E-state index in [1.54, 1.807) is 18.4 Å². The van der Waals surface area contributed by atoms with Gasteiger partial charge in [-0.15, -0.1) is 0 Å². The predicted octanol–water partition coefficient (Wildman–Crippen LogP) is 1.83. The van der Waals surface area contributed by atoms with Gasteiger partial charge in [0.1, 0.15) is 5.54 Å². The summed E-state index contributed by atoms with van der Waals surface area (Å²) < 4.78 is 2.01. The van der Waals surface area contributed by atoms with E-state index in [-0.39, 0.29) is 0 Å². The van der Waals surface area contributed by atoms with E-state index in [9.17, 15) is 4.79 Å². The monoisotopic (exact) mass is 262 g/mol. The SMILES string of the molecule is CC(C)(C(N)=O)n1c(-c2ccccc2)n[nH]c1=S. The number of H-pyrrole nitrogens is 1. The zero-order valence-electron chi connectivity index (χ0n) is 10.2. The van der Waals surface area contributed by atoms with Crippen LogP contribution in [0.4, 0.5) is 0 Å². The first kappa shape index (κ1) is 12.5. The number of aromatic amines is 1. The van der Waals surface area contributed by atoms with Gasteiger partial charge in [-0.05, 0) is 26.1 Å². The number of amides is 1. The van der Waals surface area contributed by atoms with Crippen molar-refractivity contribution in [2.75, 3.05) is 0 Å². The predicted molar refractivity (Wildman–Crippen MR) is 71.4 cm³/mol. The van der Waals surface area contributed by atoms with Gasteiger partial charge in [0.15, 0.2) is 10.6 Å². The first-order chi connectivity index (χ1) is 8.44. The minimum atomic E-state index is -0.935. The van der Waals surface area contributed by atoms with Crippen LogP contribution in [0.1, 0.15) is 13.8 Å². The van der Waals surface area contributed by atoms with Crippen LogP contribution in [0.2, 0.25) is 0 Å². The molecule has 3 N–H and O–H groups in total. The van der Waals surface area contributed by atoms with Crippen molar-refractivity contribution in [2.24, 2.45) is 5.73 Å². The summed E-state index contributed by atoms with van der Waals surface area (Å²) in [6.07, 6.45) is 0. The largest absolute Gasteiger partial charge is 0.368 e. The summed E-state index contributed by atoms with van der Waals surface area (Å²) >= 11 is 5.18. The standard InChI is InChI=1S/C12H14N4OS/c1-12(2,10(13)17)16-9(14-15-11(16)18)8-6-4-3-5-7-8/h3-7H,1-2H3,(H2,13,17)(H,15,18). The van der Waals surface area contributed by atoms with Gasteiger partial charge in [-0.1, -0.05) is 30.3 Å². The Balaban J connectivity index is 2.67. The van der Waals surface area contributed by atoms with Gasteiger partial charge in [0.25, 0.3) is 0 Å². The average molecular weight is 262 g/mol. The Labute approximate surface area is 110 Å². The summed E-state index contributed by atoms with van der Waals surface area (Å²) in [5.74, 6) is 0.140. The van der Waals surface area contributed by atoms with Gasteiger partial charge in [-0.2, -0.15) is 5.10 Å². The van der Waals surface area contributed by atoms with Crippen LogP contribution in [0, 0.1) is 4.77 Å². The van der Waals surface area contributed by atoms with Gasteiger partial charge < -0.3 is 5.73 Å². The minimum absolute atomic E-state index is 0.373. The van der Waals surface area contributed by atoms with E-state index in [2.05, 4.69) is 10.2 Å². The Morgan fingerprint density at radius 2 is 2.00 bits per heavy atom. The third-order valence-corrected chi connectivity index (χ3v) is 3.14. The van der Waals surface area contributed by atoms with Gasteiger partial charge in [-0.25, -0.2) is 0 Å². The third kappa shape index (κ3) is 1.95. The number of aromatic nitrogens is 3. The maximum atomic E-state index is 11.6. The first-order valence-electron chi connectivity index (χ1n) is 5.48. The Bertz CT molecular complexity index is 627. The summed E-state index contributed by atoms with van der Waals surface area (Å²) in [5.41, 5.74) is 5.37. The fourth-order valence-corrected chi connectivity index (χ4v) is 2.07. The molecule has 94 valence electrons. The number of carbonyl (C=O) groups excluding carboxylic acids is 1. The number of nitrogens with one attached hydrogen (secondary N) is 1. The lowest BCUT2D eigenvalue weighted by atomic mass is 10.0. The van der Waals surface area contributed by atoms with Crippen molar-refractivity contribution in [1.29, 1.82) is 0 Å². The van der Waals surface area contributed by atoms with Crippen LogP contribution in [0.15, 0.2) is 30.3 Å². The Kier molecular flexibility index (Phi) is 3.04. The van der Waals surface area contributed by atoms with E-state index in [0.717, 1.165) is 5.56 Å². The lowest BCUT2D eigenvalue weighted by Gasteiger charge is -2.23. The van der Waals surface area contributed by atoms with E-state index in [4.69, 9.17) is 18.0 Å². The van der Waals surface area contributed by atoms with Crippen molar-refractivity contribution < 1.29 is 4.79 Å². The van der Waals surface area contributed by atoms with E-state index in [0.29, 0.717) is 10.6 Å². The number of nitrogens with two attached hydrogens (primary N) is 1. The molecule has 2 aromatic rings. The summed E-state index contributed by atoms with van der Waals surface area (Å²) in [5, 5.41) is 6.88. The lowest BCUT2D eigenvalue weighted by Crippen LogP contribution is -2.41. The number of benzene rings is 1. The highest BCUT2D eigenvalue weighted by Crippen LogP contribution is 2.24. The number of carbonyl (C=O) groups is 1. The van der Waals surface area contributed by atoms with Crippen LogP contribution < -0.4 is 5.73 Å². The molecule has 0 unspecified atom stereocenters.